The first kappa shape index (κ1) is 19.5. The molecule has 2 heterocycles. The highest BCUT2D eigenvalue weighted by Gasteiger charge is 2.52. The number of aliphatic hydroxyl groups excluding tert-OH is 1. The van der Waals surface area contributed by atoms with Crippen LogP contribution in [0.25, 0.3) is 10.9 Å². The Morgan fingerprint density at radius 3 is 2.46 bits per heavy atom. The van der Waals surface area contributed by atoms with E-state index in [0.717, 1.165) is 47.6 Å². The van der Waals surface area contributed by atoms with E-state index in [2.05, 4.69) is 50.6 Å². The van der Waals surface area contributed by atoms with E-state index in [1.165, 1.54) is 0 Å². The maximum Gasteiger partial charge on any atom is 0.497 e. The van der Waals surface area contributed by atoms with E-state index in [4.69, 9.17) is 9.31 Å². The van der Waals surface area contributed by atoms with Crippen molar-refractivity contribution in [1.82, 2.24) is 4.57 Å². The van der Waals surface area contributed by atoms with Crippen molar-refractivity contribution in [1.29, 1.82) is 5.26 Å². The summed E-state index contributed by atoms with van der Waals surface area (Å²) >= 11 is 0. The van der Waals surface area contributed by atoms with Gasteiger partial charge in [0, 0.05) is 28.6 Å². The van der Waals surface area contributed by atoms with Crippen molar-refractivity contribution in [3.8, 4) is 6.07 Å². The van der Waals surface area contributed by atoms with Crippen molar-refractivity contribution in [3.05, 3.63) is 29.5 Å². The van der Waals surface area contributed by atoms with Gasteiger partial charge in [-0.05, 0) is 78.0 Å². The van der Waals surface area contributed by atoms with Gasteiger partial charge in [-0.15, -0.1) is 0 Å². The number of fused-ring (bicyclic) bond motifs is 1. The molecule has 2 atom stereocenters. The van der Waals surface area contributed by atoms with Crippen LogP contribution in [0.3, 0.4) is 0 Å². The van der Waals surface area contributed by atoms with E-state index in [9.17, 15) is 10.4 Å². The van der Waals surface area contributed by atoms with E-state index in [-0.39, 0.29) is 12.1 Å². The number of aromatic nitrogens is 1. The fourth-order valence-electron chi connectivity index (χ4n) is 4.40. The third kappa shape index (κ3) is 3.06. The molecule has 148 valence electrons. The van der Waals surface area contributed by atoms with Gasteiger partial charge < -0.3 is 19.0 Å². The summed E-state index contributed by atoms with van der Waals surface area (Å²) in [7, 11) is -0.475. The number of nitriles is 1. The second kappa shape index (κ2) is 6.62. The van der Waals surface area contributed by atoms with Gasteiger partial charge in [0.25, 0.3) is 0 Å². The third-order valence-corrected chi connectivity index (χ3v) is 6.85. The van der Waals surface area contributed by atoms with E-state index in [1.807, 2.05) is 13.0 Å². The first-order valence-electron chi connectivity index (χ1n) is 10.2. The molecule has 1 aromatic carbocycles. The van der Waals surface area contributed by atoms with Crippen LogP contribution in [0, 0.1) is 18.3 Å². The second-order valence-electron chi connectivity index (χ2n) is 9.35. The van der Waals surface area contributed by atoms with Gasteiger partial charge in [-0.25, -0.2) is 0 Å². The average molecular weight is 380 g/mol. The van der Waals surface area contributed by atoms with Crippen LogP contribution in [0.15, 0.2) is 18.3 Å². The van der Waals surface area contributed by atoms with Crippen LogP contribution < -0.4 is 5.46 Å². The lowest BCUT2D eigenvalue weighted by Crippen LogP contribution is -2.41. The van der Waals surface area contributed by atoms with Crippen molar-refractivity contribution in [2.45, 2.75) is 83.6 Å². The molecule has 5 nitrogen and oxygen atoms in total. The molecule has 2 aliphatic rings. The van der Waals surface area contributed by atoms with Crippen LogP contribution in [0.1, 0.15) is 70.5 Å². The van der Waals surface area contributed by atoms with Crippen LogP contribution >= 0.6 is 0 Å². The Labute approximate surface area is 167 Å². The number of benzene rings is 1. The molecular weight excluding hydrogens is 351 g/mol. The Morgan fingerprint density at radius 1 is 1.18 bits per heavy atom. The molecule has 0 spiro atoms. The van der Waals surface area contributed by atoms with Gasteiger partial charge in [-0.2, -0.15) is 5.26 Å². The third-order valence-electron chi connectivity index (χ3n) is 6.85. The minimum atomic E-state index is -0.475. The van der Waals surface area contributed by atoms with Gasteiger partial charge in [0.05, 0.1) is 28.9 Å². The molecule has 2 aromatic rings. The molecule has 0 radical (unpaired) electrons. The fourth-order valence-corrected chi connectivity index (χ4v) is 4.40. The molecule has 1 saturated carbocycles. The number of aliphatic hydroxyl groups is 1. The van der Waals surface area contributed by atoms with Crippen molar-refractivity contribution >= 4 is 23.5 Å². The Kier molecular flexibility index (Phi) is 4.61. The van der Waals surface area contributed by atoms with Gasteiger partial charge in [0.2, 0.25) is 0 Å². The number of rotatable bonds is 2. The summed E-state index contributed by atoms with van der Waals surface area (Å²) in [6.07, 6.45) is 5.56. The smallest absolute Gasteiger partial charge is 0.399 e. The highest BCUT2D eigenvalue weighted by atomic mass is 16.7. The van der Waals surface area contributed by atoms with Crippen molar-refractivity contribution in [2.75, 3.05) is 0 Å². The summed E-state index contributed by atoms with van der Waals surface area (Å²) in [6.45, 7) is 10.2. The summed E-state index contributed by atoms with van der Waals surface area (Å²) in [6, 6.07) is 6.59. The summed E-state index contributed by atoms with van der Waals surface area (Å²) in [5.74, 6) is 0. The highest BCUT2D eigenvalue weighted by molar-refractivity contribution is 6.65. The van der Waals surface area contributed by atoms with E-state index in [1.54, 1.807) is 0 Å². The second-order valence-corrected chi connectivity index (χ2v) is 9.35. The molecule has 0 amide bonds. The molecule has 1 aromatic heterocycles. The SMILES string of the molecule is Cc1cc2c(cc1C#N)c(B1OC(C)(C)C(C)(C)O1)cn2[C@@H]1CCC[C@H](O)C1. The van der Waals surface area contributed by atoms with Gasteiger partial charge in [-0.1, -0.05) is 0 Å². The topological polar surface area (TPSA) is 67.4 Å². The zero-order valence-corrected chi connectivity index (χ0v) is 17.5. The van der Waals surface area contributed by atoms with E-state index < -0.39 is 18.3 Å². The Morgan fingerprint density at radius 2 is 1.86 bits per heavy atom. The molecular formula is C22H29BN2O3. The summed E-state index contributed by atoms with van der Waals surface area (Å²) in [5.41, 5.74) is 2.84. The quantitative estimate of drug-likeness (QED) is 0.809. The number of hydrogen-bond acceptors (Lipinski definition) is 4. The van der Waals surface area contributed by atoms with Crippen molar-refractivity contribution in [2.24, 2.45) is 0 Å². The first-order valence-corrected chi connectivity index (χ1v) is 10.2. The van der Waals surface area contributed by atoms with Crippen molar-refractivity contribution < 1.29 is 14.4 Å². The maximum atomic E-state index is 10.2. The van der Waals surface area contributed by atoms with Crippen LogP contribution in [0.5, 0.6) is 0 Å². The number of aryl methyl sites for hydroxylation is 1. The minimum Gasteiger partial charge on any atom is -0.399 e. The summed E-state index contributed by atoms with van der Waals surface area (Å²) in [4.78, 5) is 0. The number of hydrogen-bond donors (Lipinski definition) is 1. The average Bonchev–Trinajstić information content (AvgIpc) is 3.08. The molecule has 28 heavy (non-hydrogen) atoms. The van der Waals surface area contributed by atoms with E-state index >= 15 is 0 Å². The molecule has 2 fully saturated rings. The minimum absolute atomic E-state index is 0.245. The standard InChI is InChI=1S/C22H29BN2O3/c1-14-9-20-18(10-15(14)12-24)19(23-27-21(2,3)22(4,5)28-23)13-25(20)16-7-6-8-17(26)11-16/h9-10,13,16-17,26H,6-8,11H2,1-5H3/t16-,17+/m1/s1. The zero-order chi connectivity index (χ0) is 20.3. The first-order chi connectivity index (χ1) is 13.1. The van der Waals surface area contributed by atoms with Crippen LogP contribution in [-0.2, 0) is 9.31 Å². The maximum absolute atomic E-state index is 10.2. The van der Waals surface area contributed by atoms with Crippen LogP contribution in [-0.4, -0.2) is 34.1 Å². The predicted molar refractivity (Wildman–Crippen MR) is 111 cm³/mol. The number of nitrogens with zero attached hydrogens (tertiary/aromatic N) is 2. The molecule has 1 aliphatic heterocycles. The zero-order valence-electron chi connectivity index (χ0n) is 17.5. The Hall–Kier alpha value is -1.81. The monoisotopic (exact) mass is 380 g/mol. The molecule has 1 saturated heterocycles. The summed E-state index contributed by atoms with van der Waals surface area (Å²) < 4.78 is 14.9. The lowest BCUT2D eigenvalue weighted by atomic mass is 9.78. The van der Waals surface area contributed by atoms with Gasteiger partial charge in [-0.3, -0.25) is 0 Å². The summed E-state index contributed by atoms with van der Waals surface area (Å²) in [5, 5.41) is 20.7. The normalized spacial score (nSPS) is 26.5. The van der Waals surface area contributed by atoms with E-state index in [0.29, 0.717) is 5.56 Å². The predicted octanol–water partition coefficient (Wildman–Crippen LogP) is 3.60. The largest absolute Gasteiger partial charge is 0.497 e. The lowest BCUT2D eigenvalue weighted by molar-refractivity contribution is 0.00578. The fraction of sp³-hybridized carbons (Fsp3) is 0.591. The Bertz CT molecular complexity index is 941. The molecule has 0 bridgehead atoms. The lowest BCUT2D eigenvalue weighted by Gasteiger charge is -2.32. The molecule has 6 heteroatoms. The highest BCUT2D eigenvalue weighted by Crippen LogP contribution is 2.38. The molecule has 0 unspecified atom stereocenters. The van der Waals surface area contributed by atoms with Crippen LogP contribution in [0.4, 0.5) is 0 Å². The Balaban J connectivity index is 1.86. The molecule has 1 N–H and O–H groups in total. The van der Waals surface area contributed by atoms with Crippen LogP contribution in [0.2, 0.25) is 0 Å². The van der Waals surface area contributed by atoms with Gasteiger partial charge in [0.15, 0.2) is 0 Å². The van der Waals surface area contributed by atoms with Crippen molar-refractivity contribution in [3.63, 3.8) is 0 Å². The van der Waals surface area contributed by atoms with Gasteiger partial charge >= 0.3 is 7.12 Å². The molecule has 4 rings (SSSR count). The molecule has 1 aliphatic carbocycles. The van der Waals surface area contributed by atoms with Gasteiger partial charge in [0.1, 0.15) is 0 Å².